The number of thiophene rings is 1. The Bertz CT molecular complexity index is 738. The highest BCUT2D eigenvalue weighted by Gasteiger charge is 2.13. The molecular formula is C16H16N2OS2. The van der Waals surface area contributed by atoms with Crippen LogP contribution in [0, 0.1) is 0 Å². The molecule has 0 saturated carbocycles. The van der Waals surface area contributed by atoms with Crippen molar-refractivity contribution in [1.82, 2.24) is 9.97 Å². The third-order valence-electron chi connectivity index (χ3n) is 3.18. The van der Waals surface area contributed by atoms with Gasteiger partial charge in [-0.1, -0.05) is 19.1 Å². The van der Waals surface area contributed by atoms with Gasteiger partial charge in [0.05, 0.1) is 12.5 Å². The smallest absolute Gasteiger partial charge is 0.128 e. The number of nitrogens with zero attached hydrogens (tertiary/aromatic N) is 2. The first-order chi connectivity index (χ1) is 10.3. The van der Waals surface area contributed by atoms with Gasteiger partial charge in [-0.25, -0.2) is 9.97 Å². The van der Waals surface area contributed by atoms with E-state index in [9.17, 15) is 0 Å². The standard InChI is InChI=1S/C16H16N2OS2/c1-3-8-20-15-14-13(9-21-16(14)18-10-17-15)11-4-6-12(19-2)7-5-11/h4-7,9-10H,3,8H2,1-2H3. The summed E-state index contributed by atoms with van der Waals surface area (Å²) in [6.45, 7) is 2.18. The molecule has 21 heavy (non-hydrogen) atoms. The molecule has 0 spiro atoms. The van der Waals surface area contributed by atoms with Gasteiger partial charge in [0, 0.05) is 10.9 Å². The van der Waals surface area contributed by atoms with Crippen molar-refractivity contribution in [1.29, 1.82) is 0 Å². The van der Waals surface area contributed by atoms with Crippen molar-refractivity contribution in [2.75, 3.05) is 12.9 Å². The van der Waals surface area contributed by atoms with E-state index >= 15 is 0 Å². The maximum Gasteiger partial charge on any atom is 0.128 e. The lowest BCUT2D eigenvalue weighted by molar-refractivity contribution is 0.415. The Hall–Kier alpha value is -1.59. The van der Waals surface area contributed by atoms with Crippen LogP contribution in [0.1, 0.15) is 13.3 Å². The van der Waals surface area contributed by atoms with Crippen molar-refractivity contribution in [3.8, 4) is 16.9 Å². The monoisotopic (exact) mass is 316 g/mol. The SMILES string of the molecule is CCCSc1ncnc2scc(-c3ccc(OC)cc3)c12. The van der Waals surface area contributed by atoms with Gasteiger partial charge in [0.15, 0.2) is 0 Å². The highest BCUT2D eigenvalue weighted by Crippen LogP contribution is 2.38. The summed E-state index contributed by atoms with van der Waals surface area (Å²) < 4.78 is 5.22. The molecule has 3 aromatic rings. The number of hydrogen-bond donors (Lipinski definition) is 0. The highest BCUT2D eigenvalue weighted by molar-refractivity contribution is 7.99. The summed E-state index contributed by atoms with van der Waals surface area (Å²) in [5.41, 5.74) is 2.38. The van der Waals surface area contributed by atoms with Gasteiger partial charge in [-0.15, -0.1) is 23.1 Å². The molecule has 2 heterocycles. The first-order valence-electron chi connectivity index (χ1n) is 6.83. The van der Waals surface area contributed by atoms with E-state index < -0.39 is 0 Å². The maximum absolute atomic E-state index is 5.22. The molecule has 0 bridgehead atoms. The minimum absolute atomic E-state index is 0.870. The first kappa shape index (κ1) is 14.4. The maximum atomic E-state index is 5.22. The van der Waals surface area contributed by atoms with Gasteiger partial charge in [0.25, 0.3) is 0 Å². The second kappa shape index (κ2) is 6.45. The molecule has 1 aromatic carbocycles. The fraction of sp³-hybridized carbons (Fsp3) is 0.250. The molecule has 3 nitrogen and oxygen atoms in total. The molecule has 0 atom stereocenters. The Morgan fingerprint density at radius 3 is 2.71 bits per heavy atom. The fourth-order valence-electron chi connectivity index (χ4n) is 2.14. The molecule has 0 amide bonds. The number of thioether (sulfide) groups is 1. The number of methoxy groups -OCH3 is 1. The van der Waals surface area contributed by atoms with Crippen LogP contribution in [0.4, 0.5) is 0 Å². The zero-order valence-electron chi connectivity index (χ0n) is 12.0. The average molecular weight is 316 g/mol. The van der Waals surface area contributed by atoms with E-state index in [-0.39, 0.29) is 0 Å². The third-order valence-corrected chi connectivity index (χ3v) is 5.26. The minimum atomic E-state index is 0.870. The molecule has 0 aliphatic rings. The van der Waals surface area contributed by atoms with Gasteiger partial charge in [0.2, 0.25) is 0 Å². The molecule has 0 aliphatic carbocycles. The third kappa shape index (κ3) is 2.89. The largest absolute Gasteiger partial charge is 0.497 e. The van der Waals surface area contributed by atoms with Crippen LogP contribution < -0.4 is 4.74 Å². The topological polar surface area (TPSA) is 35.0 Å². The summed E-state index contributed by atoms with van der Waals surface area (Å²) in [5.74, 6) is 1.94. The van der Waals surface area contributed by atoms with E-state index in [1.165, 1.54) is 16.5 Å². The normalized spacial score (nSPS) is 11.0. The average Bonchev–Trinajstić information content (AvgIpc) is 2.97. The second-order valence-electron chi connectivity index (χ2n) is 4.59. The molecular weight excluding hydrogens is 300 g/mol. The van der Waals surface area contributed by atoms with Crippen molar-refractivity contribution in [3.63, 3.8) is 0 Å². The molecule has 0 fully saturated rings. The van der Waals surface area contributed by atoms with Crippen LogP contribution in [0.25, 0.3) is 21.3 Å². The summed E-state index contributed by atoms with van der Waals surface area (Å²) in [4.78, 5) is 9.92. The molecule has 108 valence electrons. The van der Waals surface area contributed by atoms with Gasteiger partial charge in [0.1, 0.15) is 21.9 Å². The van der Waals surface area contributed by atoms with Gasteiger partial charge >= 0.3 is 0 Å². The fourth-order valence-corrected chi connectivity index (χ4v) is 3.99. The van der Waals surface area contributed by atoms with Gasteiger partial charge in [-0.05, 0) is 29.9 Å². The lowest BCUT2D eigenvalue weighted by Crippen LogP contribution is -1.87. The molecule has 0 saturated heterocycles. The molecule has 0 aliphatic heterocycles. The predicted molar refractivity (Wildman–Crippen MR) is 90.4 cm³/mol. The number of benzene rings is 1. The van der Waals surface area contributed by atoms with E-state index in [1.807, 2.05) is 12.1 Å². The van der Waals surface area contributed by atoms with E-state index in [1.54, 1.807) is 36.5 Å². The van der Waals surface area contributed by atoms with E-state index in [4.69, 9.17) is 4.74 Å². The van der Waals surface area contributed by atoms with Crippen molar-refractivity contribution in [2.24, 2.45) is 0 Å². The molecule has 0 unspecified atom stereocenters. The van der Waals surface area contributed by atoms with Gasteiger partial charge in [-0.2, -0.15) is 0 Å². The Morgan fingerprint density at radius 2 is 2.00 bits per heavy atom. The summed E-state index contributed by atoms with van der Waals surface area (Å²) >= 11 is 3.47. The van der Waals surface area contributed by atoms with Crippen molar-refractivity contribution in [3.05, 3.63) is 36.0 Å². The highest BCUT2D eigenvalue weighted by atomic mass is 32.2. The van der Waals surface area contributed by atoms with Crippen molar-refractivity contribution < 1.29 is 4.74 Å². The van der Waals surface area contributed by atoms with Crippen LogP contribution in [-0.2, 0) is 0 Å². The van der Waals surface area contributed by atoms with E-state index in [2.05, 4.69) is 34.4 Å². The number of ether oxygens (including phenoxy) is 1. The lowest BCUT2D eigenvalue weighted by Gasteiger charge is -2.05. The minimum Gasteiger partial charge on any atom is -0.497 e. The van der Waals surface area contributed by atoms with Crippen LogP contribution in [0.15, 0.2) is 41.0 Å². The zero-order valence-corrected chi connectivity index (χ0v) is 13.6. The molecule has 2 aromatic heterocycles. The van der Waals surface area contributed by atoms with Gasteiger partial charge in [-0.3, -0.25) is 0 Å². The Morgan fingerprint density at radius 1 is 1.19 bits per heavy atom. The van der Waals surface area contributed by atoms with Crippen LogP contribution in [-0.4, -0.2) is 22.8 Å². The first-order valence-corrected chi connectivity index (χ1v) is 8.69. The van der Waals surface area contributed by atoms with Crippen LogP contribution in [0.2, 0.25) is 0 Å². The van der Waals surface area contributed by atoms with E-state index in [0.717, 1.165) is 27.8 Å². The number of hydrogen-bond acceptors (Lipinski definition) is 5. The summed E-state index contributed by atoms with van der Waals surface area (Å²) in [5, 5.41) is 4.41. The number of fused-ring (bicyclic) bond motifs is 1. The Balaban J connectivity index is 2.08. The summed E-state index contributed by atoms with van der Waals surface area (Å²) in [6.07, 6.45) is 2.80. The zero-order chi connectivity index (χ0) is 14.7. The van der Waals surface area contributed by atoms with Crippen LogP contribution in [0.3, 0.4) is 0 Å². The number of aromatic nitrogens is 2. The van der Waals surface area contributed by atoms with Crippen molar-refractivity contribution >= 4 is 33.3 Å². The lowest BCUT2D eigenvalue weighted by atomic mass is 10.1. The Labute approximate surface area is 132 Å². The van der Waals surface area contributed by atoms with Crippen LogP contribution in [0.5, 0.6) is 5.75 Å². The molecule has 0 N–H and O–H groups in total. The molecule has 5 heteroatoms. The number of rotatable bonds is 5. The second-order valence-corrected chi connectivity index (χ2v) is 6.53. The molecule has 0 radical (unpaired) electrons. The summed E-state index contributed by atoms with van der Waals surface area (Å²) in [7, 11) is 1.68. The van der Waals surface area contributed by atoms with Crippen molar-refractivity contribution in [2.45, 2.75) is 18.4 Å². The van der Waals surface area contributed by atoms with Gasteiger partial charge < -0.3 is 4.74 Å². The quantitative estimate of drug-likeness (QED) is 0.497. The van der Waals surface area contributed by atoms with E-state index in [0.29, 0.717) is 0 Å². The summed E-state index contributed by atoms with van der Waals surface area (Å²) in [6, 6.07) is 8.15. The Kier molecular flexibility index (Phi) is 4.41. The predicted octanol–water partition coefficient (Wildman–Crippen LogP) is 4.87. The van der Waals surface area contributed by atoms with Crippen LogP contribution >= 0.6 is 23.1 Å². The molecule has 3 rings (SSSR count).